The van der Waals surface area contributed by atoms with Crippen LogP contribution in [0.1, 0.15) is 34.3 Å². The summed E-state index contributed by atoms with van der Waals surface area (Å²) in [6, 6.07) is 16.3. The van der Waals surface area contributed by atoms with Gasteiger partial charge in [0, 0.05) is 55.9 Å². The minimum absolute atomic E-state index is 0.0377. The maximum absolute atomic E-state index is 13.3. The average molecular weight is 515 g/mol. The lowest BCUT2D eigenvalue weighted by atomic mass is 10.0. The van der Waals surface area contributed by atoms with E-state index in [1.54, 1.807) is 12.4 Å². The highest BCUT2D eigenvalue weighted by Gasteiger charge is 2.28. The van der Waals surface area contributed by atoms with Gasteiger partial charge in [-0.15, -0.1) is 0 Å². The van der Waals surface area contributed by atoms with E-state index in [-0.39, 0.29) is 11.9 Å². The SMILES string of the molecule is O=C1c2cc(-c3nc(NC4CCOCC4)ncc3Cl)ccc2CN1CCc1ccc(-n2cccn2)cc1. The molecule has 1 amide bonds. The average Bonchev–Trinajstić information content (AvgIpc) is 3.58. The molecule has 0 saturated carbocycles. The normalized spacial score (nSPS) is 15.7. The van der Waals surface area contributed by atoms with Crippen LogP contribution in [0.4, 0.5) is 5.95 Å². The second-order valence-electron chi connectivity index (χ2n) is 9.39. The van der Waals surface area contributed by atoms with E-state index >= 15 is 0 Å². The van der Waals surface area contributed by atoms with Crippen molar-refractivity contribution in [3.05, 3.63) is 88.8 Å². The number of nitrogens with one attached hydrogen (secondary N) is 1. The molecule has 4 aromatic rings. The van der Waals surface area contributed by atoms with E-state index in [1.807, 2.05) is 52.2 Å². The van der Waals surface area contributed by atoms with Crippen molar-refractivity contribution >= 4 is 23.5 Å². The van der Waals surface area contributed by atoms with E-state index in [4.69, 9.17) is 16.3 Å². The molecule has 9 heteroatoms. The first-order chi connectivity index (χ1) is 18.1. The third kappa shape index (κ3) is 5.08. The zero-order valence-corrected chi connectivity index (χ0v) is 21.1. The first-order valence-corrected chi connectivity index (χ1v) is 12.9. The van der Waals surface area contributed by atoms with Crippen LogP contribution in [-0.4, -0.2) is 56.4 Å². The third-order valence-electron chi connectivity index (χ3n) is 6.94. The minimum atomic E-state index is 0.0377. The van der Waals surface area contributed by atoms with Crippen LogP contribution in [0.2, 0.25) is 5.02 Å². The molecule has 37 heavy (non-hydrogen) atoms. The second-order valence-corrected chi connectivity index (χ2v) is 9.79. The zero-order chi connectivity index (χ0) is 25.2. The molecular formula is C28H27ClN6O2. The number of rotatable bonds is 7. The molecule has 2 aliphatic heterocycles. The summed E-state index contributed by atoms with van der Waals surface area (Å²) < 4.78 is 7.26. The van der Waals surface area contributed by atoms with Crippen LogP contribution in [-0.2, 0) is 17.7 Å². The largest absolute Gasteiger partial charge is 0.381 e. The molecule has 188 valence electrons. The fourth-order valence-corrected chi connectivity index (χ4v) is 5.05. The second kappa shape index (κ2) is 10.3. The summed E-state index contributed by atoms with van der Waals surface area (Å²) in [6.07, 6.45) is 7.91. The summed E-state index contributed by atoms with van der Waals surface area (Å²) in [4.78, 5) is 24.2. The predicted octanol–water partition coefficient (Wildman–Crippen LogP) is 4.77. The number of benzene rings is 2. The summed E-state index contributed by atoms with van der Waals surface area (Å²) in [5.74, 6) is 0.578. The molecule has 1 saturated heterocycles. The van der Waals surface area contributed by atoms with Gasteiger partial charge in [-0.3, -0.25) is 4.79 Å². The summed E-state index contributed by atoms with van der Waals surface area (Å²) in [5, 5.41) is 8.11. The summed E-state index contributed by atoms with van der Waals surface area (Å²) in [5.41, 5.74) is 5.36. The molecule has 0 atom stereocenters. The molecule has 4 heterocycles. The summed E-state index contributed by atoms with van der Waals surface area (Å²) >= 11 is 6.48. The van der Waals surface area contributed by atoms with Crippen LogP contribution in [0.3, 0.4) is 0 Å². The van der Waals surface area contributed by atoms with Crippen molar-refractivity contribution in [1.29, 1.82) is 0 Å². The quantitative estimate of drug-likeness (QED) is 0.382. The van der Waals surface area contributed by atoms with Crippen molar-refractivity contribution in [1.82, 2.24) is 24.6 Å². The Hall–Kier alpha value is -3.75. The Morgan fingerprint density at radius 2 is 1.95 bits per heavy atom. The summed E-state index contributed by atoms with van der Waals surface area (Å²) in [7, 11) is 0. The number of hydrogen-bond acceptors (Lipinski definition) is 6. The molecule has 0 radical (unpaired) electrons. The van der Waals surface area contributed by atoms with Gasteiger partial charge in [0.1, 0.15) is 0 Å². The molecule has 0 bridgehead atoms. The van der Waals surface area contributed by atoms with Crippen LogP contribution >= 0.6 is 11.6 Å². The van der Waals surface area contributed by atoms with E-state index < -0.39 is 0 Å². The van der Waals surface area contributed by atoms with Gasteiger partial charge in [0.05, 0.1) is 22.6 Å². The van der Waals surface area contributed by atoms with Gasteiger partial charge in [-0.25, -0.2) is 14.6 Å². The standard InChI is InChI=1S/C28H27ClN6O2/c29-25-17-30-28(32-22-9-14-37-15-10-22)33-26(25)20-4-5-21-18-34(27(36)24(21)16-20)13-8-19-2-6-23(7-3-19)35-12-1-11-31-35/h1-7,11-12,16-17,22H,8-10,13-15,18H2,(H,30,32,33). The fraction of sp³-hybridized carbons (Fsp3) is 0.286. The van der Waals surface area contributed by atoms with Crippen LogP contribution in [0.15, 0.2) is 67.1 Å². The molecular weight excluding hydrogens is 488 g/mol. The van der Waals surface area contributed by atoms with E-state index in [0.29, 0.717) is 35.3 Å². The van der Waals surface area contributed by atoms with Crippen molar-refractivity contribution in [2.45, 2.75) is 31.8 Å². The molecule has 6 rings (SSSR count). The van der Waals surface area contributed by atoms with Gasteiger partial charge in [0.2, 0.25) is 5.95 Å². The number of halogens is 1. The Labute approximate surface area is 220 Å². The Balaban J connectivity index is 1.14. The van der Waals surface area contributed by atoms with Crippen molar-refractivity contribution in [3.8, 4) is 16.9 Å². The molecule has 1 fully saturated rings. The van der Waals surface area contributed by atoms with Crippen molar-refractivity contribution in [2.75, 3.05) is 25.1 Å². The third-order valence-corrected chi connectivity index (χ3v) is 7.21. The van der Waals surface area contributed by atoms with Gasteiger partial charge in [0.25, 0.3) is 5.91 Å². The Bertz CT molecular complexity index is 1400. The van der Waals surface area contributed by atoms with E-state index in [2.05, 4.69) is 32.5 Å². The van der Waals surface area contributed by atoms with Crippen LogP contribution < -0.4 is 5.32 Å². The number of aromatic nitrogens is 4. The number of fused-ring (bicyclic) bond motifs is 1. The number of ether oxygens (including phenoxy) is 1. The monoisotopic (exact) mass is 514 g/mol. The first kappa shape index (κ1) is 23.6. The fourth-order valence-electron chi connectivity index (χ4n) is 4.85. The molecule has 2 aromatic carbocycles. The summed E-state index contributed by atoms with van der Waals surface area (Å²) in [6.45, 7) is 2.72. The van der Waals surface area contributed by atoms with Gasteiger partial charge in [-0.05, 0) is 54.7 Å². The highest BCUT2D eigenvalue weighted by molar-refractivity contribution is 6.33. The van der Waals surface area contributed by atoms with Gasteiger partial charge in [0.15, 0.2) is 0 Å². The molecule has 8 nitrogen and oxygen atoms in total. The maximum Gasteiger partial charge on any atom is 0.254 e. The molecule has 2 aromatic heterocycles. The molecule has 1 N–H and O–H groups in total. The van der Waals surface area contributed by atoms with Gasteiger partial charge >= 0.3 is 0 Å². The number of carbonyl (C=O) groups excluding carboxylic acids is 1. The van der Waals surface area contributed by atoms with Crippen LogP contribution in [0.5, 0.6) is 0 Å². The lowest BCUT2D eigenvalue weighted by Gasteiger charge is -2.23. The van der Waals surface area contributed by atoms with E-state index in [0.717, 1.165) is 49.3 Å². The van der Waals surface area contributed by atoms with Crippen molar-refractivity contribution in [3.63, 3.8) is 0 Å². The van der Waals surface area contributed by atoms with Crippen molar-refractivity contribution in [2.24, 2.45) is 0 Å². The lowest BCUT2D eigenvalue weighted by Crippen LogP contribution is -2.28. The number of carbonyl (C=O) groups is 1. The molecule has 0 unspecified atom stereocenters. The van der Waals surface area contributed by atoms with Gasteiger partial charge < -0.3 is 15.0 Å². The Morgan fingerprint density at radius 3 is 2.73 bits per heavy atom. The molecule has 2 aliphatic rings. The topological polar surface area (TPSA) is 85.2 Å². The molecule has 0 spiro atoms. The Kier molecular flexibility index (Phi) is 6.59. The molecule has 0 aliphatic carbocycles. The van der Waals surface area contributed by atoms with Crippen LogP contribution in [0.25, 0.3) is 16.9 Å². The minimum Gasteiger partial charge on any atom is -0.381 e. The number of hydrogen-bond donors (Lipinski definition) is 1. The van der Waals surface area contributed by atoms with Crippen LogP contribution in [0, 0.1) is 0 Å². The highest BCUT2D eigenvalue weighted by Crippen LogP contribution is 2.32. The predicted molar refractivity (Wildman–Crippen MR) is 142 cm³/mol. The lowest BCUT2D eigenvalue weighted by molar-refractivity contribution is 0.0780. The zero-order valence-electron chi connectivity index (χ0n) is 20.3. The smallest absolute Gasteiger partial charge is 0.254 e. The maximum atomic E-state index is 13.3. The Morgan fingerprint density at radius 1 is 1.11 bits per heavy atom. The number of amides is 1. The van der Waals surface area contributed by atoms with Gasteiger partial charge in [-0.2, -0.15) is 5.10 Å². The van der Waals surface area contributed by atoms with E-state index in [9.17, 15) is 4.79 Å². The first-order valence-electron chi connectivity index (χ1n) is 12.5. The van der Waals surface area contributed by atoms with E-state index in [1.165, 1.54) is 5.56 Å². The number of nitrogens with zero attached hydrogens (tertiary/aromatic N) is 5. The highest BCUT2D eigenvalue weighted by atomic mass is 35.5. The van der Waals surface area contributed by atoms with Gasteiger partial charge in [-0.1, -0.05) is 35.9 Å². The van der Waals surface area contributed by atoms with Crippen molar-refractivity contribution < 1.29 is 9.53 Å². The number of anilines is 1.